The Labute approximate surface area is 148 Å². The van der Waals surface area contributed by atoms with Gasteiger partial charge in [-0.05, 0) is 65.0 Å². The molecule has 3 rings (SSSR count). The summed E-state index contributed by atoms with van der Waals surface area (Å²) < 4.78 is 0. The lowest BCUT2D eigenvalue weighted by molar-refractivity contribution is 0.0145. The summed E-state index contributed by atoms with van der Waals surface area (Å²) in [5.41, 5.74) is 6.00. The first-order valence-electron chi connectivity index (χ1n) is 9.20. The largest absolute Gasteiger partial charge is 0.366 e. The summed E-state index contributed by atoms with van der Waals surface area (Å²) in [6.07, 6.45) is 7.40. The molecule has 3 heterocycles. The zero-order valence-electron chi connectivity index (χ0n) is 15.0. The fraction of sp³-hybridized carbons (Fsp3) is 0.667. The zero-order chi connectivity index (χ0) is 17.9. The highest BCUT2D eigenvalue weighted by atomic mass is 16.2. The number of aromatic amines is 1. The van der Waals surface area contributed by atoms with Crippen LogP contribution in [0.5, 0.6) is 0 Å². The van der Waals surface area contributed by atoms with Gasteiger partial charge in [-0.1, -0.05) is 6.42 Å². The second-order valence-electron chi connectivity index (χ2n) is 7.42. The molecule has 2 fully saturated rings. The van der Waals surface area contributed by atoms with Crippen molar-refractivity contribution in [3.05, 3.63) is 23.5 Å². The summed E-state index contributed by atoms with van der Waals surface area (Å²) in [5, 5.41) is 3.09. The number of nitrogens with one attached hydrogen (secondary N) is 2. The molecule has 2 saturated heterocycles. The van der Waals surface area contributed by atoms with E-state index in [2.05, 4.69) is 27.1 Å². The van der Waals surface area contributed by atoms with Crippen LogP contribution in [0.15, 0.2) is 12.3 Å². The fourth-order valence-corrected chi connectivity index (χ4v) is 4.02. The molecule has 25 heavy (non-hydrogen) atoms. The van der Waals surface area contributed by atoms with Gasteiger partial charge in [0.25, 0.3) is 5.91 Å². The first kappa shape index (κ1) is 17.9. The van der Waals surface area contributed by atoms with Crippen molar-refractivity contribution in [1.29, 1.82) is 0 Å². The maximum Gasteiger partial charge on any atom is 0.267 e. The average molecular weight is 347 g/mol. The summed E-state index contributed by atoms with van der Waals surface area (Å²) in [5.74, 6) is -0.710. The lowest BCUT2D eigenvalue weighted by Gasteiger charge is -2.50. The van der Waals surface area contributed by atoms with Crippen LogP contribution >= 0.6 is 0 Å². The Morgan fingerprint density at radius 3 is 2.48 bits per heavy atom. The Kier molecular flexibility index (Phi) is 5.44. The van der Waals surface area contributed by atoms with Crippen LogP contribution in [0, 0.1) is 0 Å². The topological polar surface area (TPSA) is 94.5 Å². The first-order valence-corrected chi connectivity index (χ1v) is 9.20. The van der Waals surface area contributed by atoms with Gasteiger partial charge >= 0.3 is 0 Å². The molecule has 4 N–H and O–H groups in total. The van der Waals surface area contributed by atoms with Crippen molar-refractivity contribution in [2.75, 3.05) is 39.8 Å². The number of primary amides is 1. The van der Waals surface area contributed by atoms with Crippen LogP contribution in [0.25, 0.3) is 0 Å². The molecule has 2 aliphatic rings. The van der Waals surface area contributed by atoms with Gasteiger partial charge in [-0.25, -0.2) is 0 Å². The molecule has 2 amide bonds. The first-order chi connectivity index (χ1) is 12.0. The number of nitrogens with zero attached hydrogens (tertiary/aromatic N) is 2. The Balaban J connectivity index is 1.67. The maximum absolute atomic E-state index is 12.5. The van der Waals surface area contributed by atoms with Crippen LogP contribution in [0.1, 0.15) is 53.0 Å². The molecule has 0 aliphatic carbocycles. The number of H-pyrrole nitrogens is 1. The molecule has 0 unspecified atom stereocenters. The predicted octanol–water partition coefficient (Wildman–Crippen LogP) is 0.794. The predicted molar refractivity (Wildman–Crippen MR) is 96.5 cm³/mol. The summed E-state index contributed by atoms with van der Waals surface area (Å²) in [7, 11) is 2.16. The van der Waals surface area contributed by atoms with Crippen LogP contribution in [0.3, 0.4) is 0 Å². The Bertz CT molecular complexity index is 613. The number of aromatic nitrogens is 1. The number of rotatable bonds is 5. The summed E-state index contributed by atoms with van der Waals surface area (Å²) in [4.78, 5) is 31.5. The highest BCUT2D eigenvalue weighted by Gasteiger charge is 2.39. The monoisotopic (exact) mass is 347 g/mol. The number of piperidine rings is 2. The van der Waals surface area contributed by atoms with Gasteiger partial charge in [-0.2, -0.15) is 0 Å². The van der Waals surface area contributed by atoms with E-state index in [1.165, 1.54) is 31.5 Å². The van der Waals surface area contributed by atoms with E-state index < -0.39 is 5.91 Å². The molecule has 7 heteroatoms. The van der Waals surface area contributed by atoms with Crippen LogP contribution in [0.4, 0.5) is 0 Å². The number of hydrogen-bond acceptors (Lipinski definition) is 4. The summed E-state index contributed by atoms with van der Waals surface area (Å²) in [6, 6.07) is 1.51. The smallest absolute Gasteiger partial charge is 0.267 e. The minimum atomic E-state index is -0.532. The van der Waals surface area contributed by atoms with Crippen LogP contribution < -0.4 is 11.1 Å². The number of likely N-dealkylation sites (tertiary alicyclic amines) is 2. The van der Waals surface area contributed by atoms with Crippen molar-refractivity contribution in [2.24, 2.45) is 5.73 Å². The van der Waals surface area contributed by atoms with Gasteiger partial charge in [0.2, 0.25) is 5.91 Å². The number of carbonyl (C=O) groups is 2. The van der Waals surface area contributed by atoms with E-state index in [0.717, 1.165) is 39.0 Å². The molecule has 1 aromatic rings. The molecule has 0 saturated carbocycles. The molecule has 138 valence electrons. The van der Waals surface area contributed by atoms with E-state index in [4.69, 9.17) is 5.73 Å². The highest BCUT2D eigenvalue weighted by molar-refractivity contribution is 5.98. The lowest BCUT2D eigenvalue weighted by Crippen LogP contribution is -2.61. The minimum absolute atomic E-state index is 0.0434. The third-order valence-electron chi connectivity index (χ3n) is 5.73. The Hall–Kier alpha value is -1.86. The summed E-state index contributed by atoms with van der Waals surface area (Å²) >= 11 is 0. The van der Waals surface area contributed by atoms with Gasteiger partial charge in [-0.3, -0.25) is 14.5 Å². The van der Waals surface area contributed by atoms with E-state index in [0.29, 0.717) is 17.8 Å². The van der Waals surface area contributed by atoms with Crippen molar-refractivity contribution in [2.45, 2.75) is 37.6 Å². The molecular weight excluding hydrogens is 318 g/mol. The van der Waals surface area contributed by atoms with E-state index >= 15 is 0 Å². The molecule has 0 aromatic carbocycles. The van der Waals surface area contributed by atoms with E-state index in [1.807, 2.05) is 0 Å². The van der Waals surface area contributed by atoms with Gasteiger partial charge in [0, 0.05) is 18.3 Å². The summed E-state index contributed by atoms with van der Waals surface area (Å²) in [6.45, 7) is 4.99. The number of amides is 2. The standard InChI is InChI=1S/C18H29N5O2/c1-22-9-5-18(6-10-22,23-7-3-2-4-8-23)13-21-17(25)15-11-14(12-20-15)16(19)24/h11-12,20H,2-10,13H2,1H3,(H2,19,24)(H,21,25). The van der Waals surface area contributed by atoms with E-state index in [9.17, 15) is 9.59 Å². The molecule has 0 atom stereocenters. The maximum atomic E-state index is 12.5. The minimum Gasteiger partial charge on any atom is -0.366 e. The molecule has 7 nitrogen and oxygen atoms in total. The zero-order valence-corrected chi connectivity index (χ0v) is 15.0. The van der Waals surface area contributed by atoms with Gasteiger partial charge in [-0.15, -0.1) is 0 Å². The van der Waals surface area contributed by atoms with Crippen molar-refractivity contribution in [3.8, 4) is 0 Å². The SMILES string of the molecule is CN1CCC(CNC(=O)c2cc(C(N)=O)c[nH]2)(N2CCCCC2)CC1. The van der Waals surface area contributed by atoms with Crippen LogP contribution in [-0.4, -0.2) is 71.9 Å². The normalized spacial score (nSPS) is 21.8. The number of carbonyl (C=O) groups excluding carboxylic acids is 2. The number of nitrogens with two attached hydrogens (primary N) is 1. The quantitative estimate of drug-likeness (QED) is 0.734. The highest BCUT2D eigenvalue weighted by Crippen LogP contribution is 2.30. The van der Waals surface area contributed by atoms with E-state index in [-0.39, 0.29) is 11.4 Å². The van der Waals surface area contributed by atoms with Crippen molar-refractivity contribution >= 4 is 11.8 Å². The van der Waals surface area contributed by atoms with Gasteiger partial charge in [0.05, 0.1) is 5.56 Å². The fourth-order valence-electron chi connectivity index (χ4n) is 4.02. The third-order valence-corrected chi connectivity index (χ3v) is 5.73. The second-order valence-corrected chi connectivity index (χ2v) is 7.42. The van der Waals surface area contributed by atoms with E-state index in [1.54, 1.807) is 0 Å². The second kappa shape index (κ2) is 7.58. The molecule has 0 spiro atoms. The van der Waals surface area contributed by atoms with Crippen molar-refractivity contribution < 1.29 is 9.59 Å². The molecule has 0 bridgehead atoms. The van der Waals surface area contributed by atoms with Crippen LogP contribution in [0.2, 0.25) is 0 Å². The number of hydrogen-bond donors (Lipinski definition) is 3. The van der Waals surface area contributed by atoms with Gasteiger partial charge in [0.1, 0.15) is 5.69 Å². The van der Waals surface area contributed by atoms with Gasteiger partial charge in [0.15, 0.2) is 0 Å². The van der Waals surface area contributed by atoms with Crippen molar-refractivity contribution in [1.82, 2.24) is 20.1 Å². The van der Waals surface area contributed by atoms with Crippen molar-refractivity contribution in [3.63, 3.8) is 0 Å². The third kappa shape index (κ3) is 4.04. The average Bonchev–Trinajstić information content (AvgIpc) is 3.13. The lowest BCUT2D eigenvalue weighted by atomic mass is 9.84. The Morgan fingerprint density at radius 1 is 1.20 bits per heavy atom. The molecule has 1 aromatic heterocycles. The Morgan fingerprint density at radius 2 is 1.88 bits per heavy atom. The van der Waals surface area contributed by atoms with Gasteiger partial charge < -0.3 is 20.9 Å². The molecular formula is C18H29N5O2. The van der Waals surface area contributed by atoms with Crippen LogP contribution in [-0.2, 0) is 0 Å². The molecule has 0 radical (unpaired) electrons. The molecule has 2 aliphatic heterocycles.